The predicted octanol–water partition coefficient (Wildman–Crippen LogP) is 11.4. The number of aryl methyl sites for hydroxylation is 2. The molecule has 34 heavy (non-hydrogen) atoms. The van der Waals surface area contributed by atoms with Crippen LogP contribution >= 0.6 is 66.3 Å². The van der Waals surface area contributed by atoms with Crippen molar-refractivity contribution in [2.75, 3.05) is 0 Å². The summed E-state index contributed by atoms with van der Waals surface area (Å²) in [5.74, 6) is 0. The highest BCUT2D eigenvalue weighted by Crippen LogP contribution is 2.43. The zero-order valence-corrected chi connectivity index (χ0v) is 25.6. The fourth-order valence-corrected chi connectivity index (χ4v) is 8.30. The first-order chi connectivity index (χ1) is 16.6. The van der Waals surface area contributed by atoms with Gasteiger partial charge in [0, 0.05) is 20.9 Å². The van der Waals surface area contributed by atoms with Crippen LogP contribution in [0, 0.1) is 6.92 Å². The van der Waals surface area contributed by atoms with Crippen molar-refractivity contribution in [2.45, 2.75) is 84.5 Å². The Bertz CT molecular complexity index is 1190. The summed E-state index contributed by atoms with van der Waals surface area (Å²) in [7, 11) is 0. The van der Waals surface area contributed by atoms with Gasteiger partial charge in [-0.2, -0.15) is 8.75 Å². The molecular formula is C27H32Br2N2S3. The van der Waals surface area contributed by atoms with Crippen molar-refractivity contribution in [3.63, 3.8) is 0 Å². The molecule has 0 aliphatic heterocycles. The average Bonchev–Trinajstić information content (AvgIpc) is 3.54. The Balaban J connectivity index is 1.36. The molecule has 0 saturated carbocycles. The molecule has 0 amide bonds. The second kappa shape index (κ2) is 13.1. The molecule has 3 heterocycles. The van der Waals surface area contributed by atoms with Gasteiger partial charge in [0.1, 0.15) is 11.0 Å². The Morgan fingerprint density at radius 2 is 1.24 bits per heavy atom. The summed E-state index contributed by atoms with van der Waals surface area (Å²) in [4.78, 5) is 2.52. The molecule has 0 radical (unpaired) electrons. The number of hydrogen-bond acceptors (Lipinski definition) is 5. The van der Waals surface area contributed by atoms with E-state index >= 15 is 0 Å². The van der Waals surface area contributed by atoms with E-state index in [0.29, 0.717) is 0 Å². The quantitative estimate of drug-likeness (QED) is 0.136. The molecule has 2 nitrogen and oxygen atoms in total. The van der Waals surface area contributed by atoms with Crippen LogP contribution in [0.3, 0.4) is 0 Å². The Morgan fingerprint density at radius 1 is 0.706 bits per heavy atom. The molecular weight excluding hydrogens is 608 g/mol. The highest BCUT2D eigenvalue weighted by Gasteiger charge is 2.17. The van der Waals surface area contributed by atoms with Gasteiger partial charge in [-0.25, -0.2) is 0 Å². The van der Waals surface area contributed by atoms with Gasteiger partial charge < -0.3 is 0 Å². The van der Waals surface area contributed by atoms with Crippen LogP contribution < -0.4 is 0 Å². The minimum absolute atomic E-state index is 1.01. The van der Waals surface area contributed by atoms with Crippen LogP contribution in [0.15, 0.2) is 31.8 Å². The molecule has 1 aromatic carbocycles. The lowest BCUT2D eigenvalue weighted by Gasteiger charge is -2.03. The van der Waals surface area contributed by atoms with E-state index in [0.717, 1.165) is 17.5 Å². The highest BCUT2D eigenvalue weighted by molar-refractivity contribution is 9.11. The van der Waals surface area contributed by atoms with Crippen LogP contribution in [-0.2, 0) is 6.42 Å². The molecule has 3 aromatic heterocycles. The molecule has 7 heteroatoms. The maximum atomic E-state index is 4.69. The third-order valence-corrected chi connectivity index (χ3v) is 11.1. The lowest BCUT2D eigenvalue weighted by Crippen LogP contribution is -1.86. The molecule has 0 aliphatic carbocycles. The van der Waals surface area contributed by atoms with Crippen LogP contribution in [0.1, 0.15) is 82.3 Å². The SMILES string of the molecule is CCCCCCCCCCCCc1cc(-c2ccc(-c3cc(C)c(Br)s3)c3nsnc23)sc1Br. The minimum atomic E-state index is 1.01. The standard InChI is InChI=1S/C27H32Br2N2S3/c1-3-4-5-6-7-8-9-10-11-12-13-19-17-23(33-27(19)29)21-15-14-20(24-25(21)31-34-30-24)22-16-18(2)26(28)32-22/h14-17H,3-13H2,1-2H3. The fourth-order valence-electron chi connectivity index (χ4n) is 4.37. The molecule has 0 aliphatic rings. The summed E-state index contributed by atoms with van der Waals surface area (Å²) >= 11 is 12.4. The first-order valence-electron chi connectivity index (χ1n) is 12.4. The van der Waals surface area contributed by atoms with Crippen molar-refractivity contribution < 1.29 is 0 Å². The Kier molecular flexibility index (Phi) is 10.2. The van der Waals surface area contributed by atoms with E-state index in [-0.39, 0.29) is 0 Å². The summed E-state index contributed by atoms with van der Waals surface area (Å²) in [6.07, 6.45) is 14.9. The Hall–Kier alpha value is -0.600. The normalized spacial score (nSPS) is 11.6. The fraction of sp³-hybridized carbons (Fsp3) is 0.481. The maximum Gasteiger partial charge on any atom is 0.114 e. The van der Waals surface area contributed by atoms with Crippen molar-refractivity contribution >= 4 is 77.3 Å². The van der Waals surface area contributed by atoms with Crippen molar-refractivity contribution in [3.05, 3.63) is 43.0 Å². The van der Waals surface area contributed by atoms with Crippen LogP contribution in [0.25, 0.3) is 31.9 Å². The van der Waals surface area contributed by atoms with E-state index in [1.54, 1.807) is 11.3 Å². The molecule has 0 saturated heterocycles. The molecule has 0 unspecified atom stereocenters. The smallest absolute Gasteiger partial charge is 0.114 e. The monoisotopic (exact) mass is 638 g/mol. The summed E-state index contributed by atoms with van der Waals surface area (Å²) < 4.78 is 11.8. The van der Waals surface area contributed by atoms with E-state index in [9.17, 15) is 0 Å². The van der Waals surface area contributed by atoms with Crippen LogP contribution in [0.2, 0.25) is 0 Å². The number of fused-ring (bicyclic) bond motifs is 1. The molecule has 182 valence electrons. The number of halogens is 2. The number of aromatic nitrogens is 2. The average molecular weight is 641 g/mol. The van der Waals surface area contributed by atoms with Crippen LogP contribution in [0.5, 0.6) is 0 Å². The van der Waals surface area contributed by atoms with Crippen molar-refractivity contribution in [1.29, 1.82) is 0 Å². The van der Waals surface area contributed by atoms with Gasteiger partial charge in [0.15, 0.2) is 0 Å². The van der Waals surface area contributed by atoms with E-state index in [1.807, 2.05) is 11.3 Å². The van der Waals surface area contributed by atoms with Gasteiger partial charge in [-0.3, -0.25) is 0 Å². The molecule has 0 spiro atoms. The third-order valence-electron chi connectivity index (χ3n) is 6.36. The van der Waals surface area contributed by atoms with E-state index in [1.165, 1.54) is 116 Å². The van der Waals surface area contributed by atoms with Gasteiger partial charge in [0.2, 0.25) is 0 Å². The number of unbranched alkanes of at least 4 members (excludes halogenated alkanes) is 9. The summed E-state index contributed by atoms with van der Waals surface area (Å²) in [6.45, 7) is 4.42. The van der Waals surface area contributed by atoms with Crippen LogP contribution in [-0.4, -0.2) is 8.75 Å². The zero-order chi connectivity index (χ0) is 23.9. The van der Waals surface area contributed by atoms with Crippen molar-refractivity contribution in [3.8, 4) is 20.9 Å². The highest BCUT2D eigenvalue weighted by atomic mass is 79.9. The van der Waals surface area contributed by atoms with E-state index in [2.05, 4.69) is 74.3 Å². The second-order valence-electron chi connectivity index (χ2n) is 9.03. The molecule has 4 rings (SSSR count). The summed E-state index contributed by atoms with van der Waals surface area (Å²) in [5, 5.41) is 0. The van der Waals surface area contributed by atoms with Gasteiger partial charge in [0.25, 0.3) is 0 Å². The maximum absolute atomic E-state index is 4.69. The number of benzene rings is 1. The van der Waals surface area contributed by atoms with Gasteiger partial charge in [-0.05, 0) is 74.9 Å². The number of hydrogen-bond donors (Lipinski definition) is 0. The molecule has 0 fully saturated rings. The molecule has 0 bridgehead atoms. The van der Waals surface area contributed by atoms with Gasteiger partial charge >= 0.3 is 0 Å². The number of thiophene rings is 2. The van der Waals surface area contributed by atoms with Gasteiger partial charge in [-0.1, -0.05) is 76.8 Å². The summed E-state index contributed by atoms with van der Waals surface area (Å²) in [6, 6.07) is 9.04. The topological polar surface area (TPSA) is 25.8 Å². The molecule has 4 aromatic rings. The van der Waals surface area contributed by atoms with Gasteiger partial charge in [-0.15, -0.1) is 22.7 Å². The molecule has 0 N–H and O–H groups in total. The van der Waals surface area contributed by atoms with Crippen molar-refractivity contribution in [2.24, 2.45) is 0 Å². The first kappa shape index (κ1) is 26.5. The lowest BCUT2D eigenvalue weighted by atomic mass is 10.0. The number of rotatable bonds is 13. The minimum Gasteiger partial charge on any atom is -0.172 e. The van der Waals surface area contributed by atoms with E-state index in [4.69, 9.17) is 4.37 Å². The molecule has 0 atom stereocenters. The third kappa shape index (κ3) is 6.58. The Morgan fingerprint density at radius 3 is 1.79 bits per heavy atom. The lowest BCUT2D eigenvalue weighted by molar-refractivity contribution is 0.556. The van der Waals surface area contributed by atoms with E-state index < -0.39 is 0 Å². The van der Waals surface area contributed by atoms with Gasteiger partial charge in [0.05, 0.1) is 19.3 Å². The first-order valence-corrected chi connectivity index (χ1v) is 16.3. The zero-order valence-electron chi connectivity index (χ0n) is 20.0. The second-order valence-corrected chi connectivity index (χ2v) is 14.3. The summed E-state index contributed by atoms with van der Waals surface area (Å²) in [5.41, 5.74) is 7.09. The van der Waals surface area contributed by atoms with Crippen LogP contribution in [0.4, 0.5) is 0 Å². The predicted molar refractivity (Wildman–Crippen MR) is 160 cm³/mol. The number of nitrogens with zero attached hydrogens (tertiary/aromatic N) is 2. The largest absolute Gasteiger partial charge is 0.172 e. The van der Waals surface area contributed by atoms with Crippen molar-refractivity contribution in [1.82, 2.24) is 8.75 Å². The Labute approximate surface area is 232 Å².